The maximum atomic E-state index is 12.5. The highest BCUT2D eigenvalue weighted by atomic mass is 16.5. The van der Waals surface area contributed by atoms with Gasteiger partial charge in [-0.15, -0.1) is 0 Å². The molecule has 2 atom stereocenters. The number of carbonyl (C=O) groups is 1. The third-order valence-electron chi connectivity index (χ3n) is 4.76. The molecule has 0 unspecified atom stereocenters. The van der Waals surface area contributed by atoms with Gasteiger partial charge in [0.15, 0.2) is 0 Å². The van der Waals surface area contributed by atoms with Crippen molar-refractivity contribution in [3.8, 4) is 0 Å². The molecule has 7 heteroatoms. The first-order chi connectivity index (χ1) is 11.1. The molecule has 128 valence electrons. The van der Waals surface area contributed by atoms with E-state index in [0.717, 1.165) is 56.4 Å². The van der Waals surface area contributed by atoms with E-state index in [-0.39, 0.29) is 18.1 Å². The standard InChI is InChI=1S/C16H26N4O3/c1-11-12(2)22-15(18-11)10-19-5-7-20(8-6-19)16(21)14-4-3-13(9-17)23-14/h13-14H,3-10,17H2,1-2H3/t13-,14+/m1/s1. The number of nitrogens with two attached hydrogens (primary N) is 1. The minimum absolute atomic E-state index is 0.0433. The predicted octanol–water partition coefficient (Wildman–Crippen LogP) is 0.442. The number of aryl methyl sites for hydroxylation is 2. The summed E-state index contributed by atoms with van der Waals surface area (Å²) in [6, 6.07) is 0. The second-order valence-electron chi connectivity index (χ2n) is 6.41. The zero-order valence-electron chi connectivity index (χ0n) is 14.0. The molecule has 0 bridgehead atoms. The first-order valence-electron chi connectivity index (χ1n) is 8.36. The third-order valence-corrected chi connectivity index (χ3v) is 4.76. The average molecular weight is 322 g/mol. The molecular weight excluding hydrogens is 296 g/mol. The number of nitrogens with zero attached hydrogens (tertiary/aromatic N) is 3. The fraction of sp³-hybridized carbons (Fsp3) is 0.750. The Morgan fingerprint density at radius 1 is 1.26 bits per heavy atom. The number of amides is 1. The Hall–Kier alpha value is -1.44. The van der Waals surface area contributed by atoms with Crippen LogP contribution in [0.1, 0.15) is 30.2 Å². The van der Waals surface area contributed by atoms with Crippen LogP contribution in [0, 0.1) is 13.8 Å². The van der Waals surface area contributed by atoms with E-state index in [4.69, 9.17) is 14.9 Å². The highest BCUT2D eigenvalue weighted by Gasteiger charge is 2.34. The van der Waals surface area contributed by atoms with Crippen LogP contribution in [0.5, 0.6) is 0 Å². The molecule has 0 aromatic carbocycles. The molecule has 1 amide bonds. The summed E-state index contributed by atoms with van der Waals surface area (Å²) in [4.78, 5) is 21.1. The van der Waals surface area contributed by atoms with Crippen LogP contribution in [0.15, 0.2) is 4.42 Å². The molecule has 0 saturated carbocycles. The molecule has 23 heavy (non-hydrogen) atoms. The molecule has 2 aliphatic heterocycles. The normalized spacial score (nSPS) is 26.0. The van der Waals surface area contributed by atoms with Gasteiger partial charge in [-0.3, -0.25) is 9.69 Å². The van der Waals surface area contributed by atoms with Gasteiger partial charge in [0, 0.05) is 32.7 Å². The van der Waals surface area contributed by atoms with E-state index in [0.29, 0.717) is 13.1 Å². The second-order valence-corrected chi connectivity index (χ2v) is 6.41. The van der Waals surface area contributed by atoms with Gasteiger partial charge in [-0.2, -0.15) is 0 Å². The number of hydrogen-bond acceptors (Lipinski definition) is 6. The lowest BCUT2D eigenvalue weighted by Crippen LogP contribution is -2.51. The Labute approximate surface area is 136 Å². The Morgan fingerprint density at radius 2 is 2.00 bits per heavy atom. The Morgan fingerprint density at radius 3 is 2.57 bits per heavy atom. The van der Waals surface area contributed by atoms with E-state index >= 15 is 0 Å². The van der Waals surface area contributed by atoms with Gasteiger partial charge < -0.3 is 19.8 Å². The van der Waals surface area contributed by atoms with E-state index in [2.05, 4.69) is 9.88 Å². The van der Waals surface area contributed by atoms with E-state index in [1.165, 1.54) is 0 Å². The summed E-state index contributed by atoms with van der Waals surface area (Å²) in [5.74, 6) is 1.75. The lowest BCUT2D eigenvalue weighted by atomic mass is 10.1. The van der Waals surface area contributed by atoms with Crippen molar-refractivity contribution in [2.45, 2.75) is 45.4 Å². The van der Waals surface area contributed by atoms with Crippen molar-refractivity contribution in [3.05, 3.63) is 17.3 Å². The highest BCUT2D eigenvalue weighted by molar-refractivity contribution is 5.81. The van der Waals surface area contributed by atoms with Crippen molar-refractivity contribution in [2.75, 3.05) is 32.7 Å². The maximum Gasteiger partial charge on any atom is 0.251 e. The number of piperazine rings is 1. The van der Waals surface area contributed by atoms with Crippen LogP contribution in [-0.4, -0.2) is 65.6 Å². The van der Waals surface area contributed by atoms with Gasteiger partial charge >= 0.3 is 0 Å². The van der Waals surface area contributed by atoms with Crippen LogP contribution in [-0.2, 0) is 16.1 Å². The number of ether oxygens (including phenoxy) is 1. The number of oxazole rings is 1. The van der Waals surface area contributed by atoms with Gasteiger partial charge in [0.2, 0.25) is 5.89 Å². The molecule has 0 spiro atoms. The highest BCUT2D eigenvalue weighted by Crippen LogP contribution is 2.21. The fourth-order valence-electron chi connectivity index (χ4n) is 3.19. The van der Waals surface area contributed by atoms with E-state index < -0.39 is 0 Å². The van der Waals surface area contributed by atoms with Gasteiger partial charge in [-0.1, -0.05) is 0 Å². The van der Waals surface area contributed by atoms with Crippen molar-refractivity contribution in [2.24, 2.45) is 5.73 Å². The van der Waals surface area contributed by atoms with Crippen molar-refractivity contribution in [1.82, 2.24) is 14.8 Å². The zero-order valence-corrected chi connectivity index (χ0v) is 14.0. The molecular formula is C16H26N4O3. The fourth-order valence-corrected chi connectivity index (χ4v) is 3.19. The summed E-state index contributed by atoms with van der Waals surface area (Å²) in [6.45, 7) is 8.19. The summed E-state index contributed by atoms with van der Waals surface area (Å²) in [5.41, 5.74) is 6.55. The van der Waals surface area contributed by atoms with Crippen molar-refractivity contribution in [3.63, 3.8) is 0 Å². The van der Waals surface area contributed by atoms with Crippen LogP contribution in [0.3, 0.4) is 0 Å². The largest absolute Gasteiger partial charge is 0.444 e. The zero-order chi connectivity index (χ0) is 16.4. The van der Waals surface area contributed by atoms with Crippen LogP contribution < -0.4 is 5.73 Å². The van der Waals surface area contributed by atoms with Crippen molar-refractivity contribution >= 4 is 5.91 Å². The lowest BCUT2D eigenvalue weighted by Gasteiger charge is -2.35. The molecule has 2 saturated heterocycles. The van der Waals surface area contributed by atoms with Crippen LogP contribution >= 0.6 is 0 Å². The molecule has 2 N–H and O–H groups in total. The lowest BCUT2D eigenvalue weighted by molar-refractivity contribution is -0.144. The van der Waals surface area contributed by atoms with E-state index in [9.17, 15) is 4.79 Å². The predicted molar refractivity (Wildman–Crippen MR) is 84.8 cm³/mol. The first kappa shape index (κ1) is 16.4. The van der Waals surface area contributed by atoms with Crippen LogP contribution in [0.25, 0.3) is 0 Å². The molecule has 3 rings (SSSR count). The van der Waals surface area contributed by atoms with Crippen LogP contribution in [0.4, 0.5) is 0 Å². The minimum atomic E-state index is -0.299. The minimum Gasteiger partial charge on any atom is -0.444 e. The molecule has 7 nitrogen and oxygen atoms in total. The molecule has 3 heterocycles. The first-order valence-corrected chi connectivity index (χ1v) is 8.36. The Bertz CT molecular complexity index is 532. The molecule has 1 aromatic heterocycles. The summed E-state index contributed by atoms with van der Waals surface area (Å²) in [6.07, 6.45) is 1.42. The summed E-state index contributed by atoms with van der Waals surface area (Å²) < 4.78 is 11.3. The van der Waals surface area contributed by atoms with Gasteiger partial charge in [-0.05, 0) is 26.7 Å². The summed E-state index contributed by atoms with van der Waals surface area (Å²) >= 11 is 0. The molecule has 0 aliphatic carbocycles. The monoisotopic (exact) mass is 322 g/mol. The van der Waals surface area contributed by atoms with E-state index in [1.807, 2.05) is 18.7 Å². The number of hydrogen-bond donors (Lipinski definition) is 1. The van der Waals surface area contributed by atoms with Crippen molar-refractivity contribution in [1.29, 1.82) is 0 Å². The van der Waals surface area contributed by atoms with Gasteiger partial charge in [0.25, 0.3) is 5.91 Å². The number of aromatic nitrogens is 1. The van der Waals surface area contributed by atoms with Gasteiger partial charge in [-0.25, -0.2) is 4.98 Å². The van der Waals surface area contributed by atoms with Crippen LogP contribution in [0.2, 0.25) is 0 Å². The maximum absolute atomic E-state index is 12.5. The van der Waals surface area contributed by atoms with Crippen molar-refractivity contribution < 1.29 is 13.9 Å². The molecule has 2 fully saturated rings. The molecule has 0 radical (unpaired) electrons. The Kier molecular flexibility index (Phi) is 4.99. The van der Waals surface area contributed by atoms with Gasteiger partial charge in [0.05, 0.1) is 18.3 Å². The second kappa shape index (κ2) is 6.98. The quantitative estimate of drug-likeness (QED) is 0.866. The average Bonchev–Trinajstić information content (AvgIpc) is 3.14. The molecule has 2 aliphatic rings. The topological polar surface area (TPSA) is 84.8 Å². The third kappa shape index (κ3) is 3.73. The summed E-state index contributed by atoms with van der Waals surface area (Å²) in [5, 5.41) is 0. The molecule has 1 aromatic rings. The van der Waals surface area contributed by atoms with E-state index in [1.54, 1.807) is 0 Å². The smallest absolute Gasteiger partial charge is 0.251 e. The summed E-state index contributed by atoms with van der Waals surface area (Å²) in [7, 11) is 0. The SMILES string of the molecule is Cc1nc(CN2CCN(C(=O)[C@@H]3CC[C@H](CN)O3)CC2)oc1C. The number of rotatable bonds is 4. The number of carbonyl (C=O) groups excluding carboxylic acids is 1. The Balaban J connectivity index is 1.47. The van der Waals surface area contributed by atoms with Gasteiger partial charge in [0.1, 0.15) is 11.9 Å².